The summed E-state index contributed by atoms with van der Waals surface area (Å²) in [6, 6.07) is 4.39. The normalized spacial score (nSPS) is 10.1. The Hall–Kier alpha value is -1.26. The molecule has 0 saturated carbocycles. The Morgan fingerprint density at radius 3 is 2.75 bits per heavy atom. The molecular formula is C11H13ClO4. The van der Waals surface area contributed by atoms with E-state index in [0.717, 1.165) is 0 Å². The van der Waals surface area contributed by atoms with Gasteiger partial charge in [0.1, 0.15) is 11.3 Å². The summed E-state index contributed by atoms with van der Waals surface area (Å²) >= 11 is 5.75. The molecule has 0 aliphatic carbocycles. The van der Waals surface area contributed by atoms with Crippen LogP contribution in [0.4, 0.5) is 0 Å². The summed E-state index contributed by atoms with van der Waals surface area (Å²) in [6.07, 6.45) is 1.30. The van der Waals surface area contributed by atoms with Crippen molar-refractivity contribution in [3.63, 3.8) is 0 Å². The topological polar surface area (TPSA) is 66.8 Å². The number of ether oxygens (including phenoxy) is 1. The molecule has 1 aromatic rings. The first-order valence-corrected chi connectivity index (χ1v) is 5.29. The van der Waals surface area contributed by atoms with Crippen LogP contribution in [0.15, 0.2) is 18.2 Å². The third kappa shape index (κ3) is 3.72. The summed E-state index contributed by atoms with van der Waals surface area (Å²) in [5, 5.41) is 17.9. The van der Waals surface area contributed by atoms with Crippen molar-refractivity contribution < 1.29 is 19.7 Å². The Labute approximate surface area is 98.4 Å². The number of benzene rings is 1. The number of aliphatic hydroxyl groups is 1. The number of unbranched alkanes of at least 4 members (excludes halogenated alkanes) is 1. The fourth-order valence-electron chi connectivity index (χ4n) is 1.19. The predicted molar refractivity (Wildman–Crippen MR) is 60.2 cm³/mol. The minimum Gasteiger partial charge on any atom is -0.493 e. The van der Waals surface area contributed by atoms with Gasteiger partial charge in [0, 0.05) is 11.6 Å². The lowest BCUT2D eigenvalue weighted by molar-refractivity contribution is 0.0692. The van der Waals surface area contributed by atoms with Gasteiger partial charge in [0.15, 0.2) is 0 Å². The smallest absolute Gasteiger partial charge is 0.339 e. The van der Waals surface area contributed by atoms with Crippen LogP contribution in [0.25, 0.3) is 0 Å². The van der Waals surface area contributed by atoms with Crippen LogP contribution in [0.5, 0.6) is 5.75 Å². The fraction of sp³-hybridized carbons (Fsp3) is 0.364. The number of hydrogen-bond acceptors (Lipinski definition) is 3. The molecule has 1 aromatic carbocycles. The Bertz CT molecular complexity index is 365. The minimum atomic E-state index is -1.05. The first-order chi connectivity index (χ1) is 7.65. The zero-order valence-corrected chi connectivity index (χ0v) is 9.41. The molecule has 0 aliphatic rings. The Balaban J connectivity index is 2.68. The van der Waals surface area contributed by atoms with Crippen molar-refractivity contribution in [2.24, 2.45) is 0 Å². The van der Waals surface area contributed by atoms with Gasteiger partial charge in [-0.1, -0.05) is 11.6 Å². The van der Waals surface area contributed by atoms with Crippen LogP contribution >= 0.6 is 11.6 Å². The lowest BCUT2D eigenvalue weighted by atomic mass is 10.2. The number of carbonyl (C=O) groups is 1. The van der Waals surface area contributed by atoms with E-state index >= 15 is 0 Å². The maximum atomic E-state index is 10.9. The zero-order valence-electron chi connectivity index (χ0n) is 8.65. The van der Waals surface area contributed by atoms with E-state index in [4.69, 9.17) is 26.6 Å². The molecule has 0 radical (unpaired) electrons. The largest absolute Gasteiger partial charge is 0.493 e. The quantitative estimate of drug-likeness (QED) is 0.753. The molecule has 5 heteroatoms. The van der Waals surface area contributed by atoms with Gasteiger partial charge in [-0.2, -0.15) is 0 Å². The summed E-state index contributed by atoms with van der Waals surface area (Å²) in [5.41, 5.74) is 0.0911. The molecule has 0 saturated heterocycles. The maximum Gasteiger partial charge on any atom is 0.339 e. The van der Waals surface area contributed by atoms with E-state index in [-0.39, 0.29) is 17.9 Å². The highest BCUT2D eigenvalue weighted by atomic mass is 35.5. The second kappa shape index (κ2) is 6.35. The summed E-state index contributed by atoms with van der Waals surface area (Å²) in [7, 11) is 0. The molecule has 4 nitrogen and oxygen atoms in total. The third-order valence-corrected chi connectivity index (χ3v) is 2.22. The maximum absolute atomic E-state index is 10.9. The van der Waals surface area contributed by atoms with Crippen LogP contribution in [0.3, 0.4) is 0 Å². The Morgan fingerprint density at radius 2 is 2.12 bits per heavy atom. The van der Waals surface area contributed by atoms with Gasteiger partial charge in [-0.3, -0.25) is 0 Å². The van der Waals surface area contributed by atoms with E-state index in [1.54, 1.807) is 0 Å². The SMILES string of the molecule is O=C(O)c1ccc(Cl)cc1OCCCCO. The second-order valence-corrected chi connectivity index (χ2v) is 3.66. The first kappa shape index (κ1) is 12.8. The lowest BCUT2D eigenvalue weighted by Crippen LogP contribution is -2.04. The number of aromatic carboxylic acids is 1. The van der Waals surface area contributed by atoms with Gasteiger partial charge in [0.05, 0.1) is 6.61 Å². The number of hydrogen-bond donors (Lipinski definition) is 2. The summed E-state index contributed by atoms with van der Waals surface area (Å²) in [4.78, 5) is 10.9. The number of aliphatic hydroxyl groups excluding tert-OH is 1. The summed E-state index contributed by atoms with van der Waals surface area (Å²) < 4.78 is 5.30. The highest BCUT2D eigenvalue weighted by Gasteiger charge is 2.11. The molecule has 88 valence electrons. The van der Waals surface area contributed by atoms with Gasteiger partial charge >= 0.3 is 5.97 Å². The van der Waals surface area contributed by atoms with Gasteiger partial charge in [0.25, 0.3) is 0 Å². The molecule has 16 heavy (non-hydrogen) atoms. The van der Waals surface area contributed by atoms with Crippen molar-refractivity contribution in [3.05, 3.63) is 28.8 Å². The van der Waals surface area contributed by atoms with Crippen molar-refractivity contribution >= 4 is 17.6 Å². The Morgan fingerprint density at radius 1 is 1.38 bits per heavy atom. The molecule has 1 rings (SSSR count). The molecule has 0 aliphatic heterocycles. The van der Waals surface area contributed by atoms with Crippen molar-refractivity contribution in [1.82, 2.24) is 0 Å². The number of carboxylic acids is 1. The zero-order chi connectivity index (χ0) is 12.0. The summed E-state index contributed by atoms with van der Waals surface area (Å²) in [6.45, 7) is 0.464. The van der Waals surface area contributed by atoms with Crippen molar-refractivity contribution in [2.45, 2.75) is 12.8 Å². The van der Waals surface area contributed by atoms with Crippen LogP contribution < -0.4 is 4.74 Å². The molecule has 0 unspecified atom stereocenters. The highest BCUT2D eigenvalue weighted by molar-refractivity contribution is 6.30. The van der Waals surface area contributed by atoms with Gasteiger partial charge in [-0.05, 0) is 31.0 Å². The van der Waals surface area contributed by atoms with Crippen LogP contribution in [0.2, 0.25) is 5.02 Å². The van der Waals surface area contributed by atoms with E-state index in [9.17, 15) is 4.79 Å². The number of halogens is 1. The van der Waals surface area contributed by atoms with Crippen LogP contribution in [0, 0.1) is 0 Å². The van der Waals surface area contributed by atoms with Crippen molar-refractivity contribution in [1.29, 1.82) is 0 Å². The van der Waals surface area contributed by atoms with Crippen molar-refractivity contribution in [3.8, 4) is 5.75 Å². The van der Waals surface area contributed by atoms with Gasteiger partial charge in [0.2, 0.25) is 0 Å². The number of rotatable bonds is 6. The first-order valence-electron chi connectivity index (χ1n) is 4.91. The molecule has 0 bridgehead atoms. The molecule has 0 aromatic heterocycles. The average molecular weight is 245 g/mol. The molecule has 0 amide bonds. The van der Waals surface area contributed by atoms with Gasteiger partial charge < -0.3 is 14.9 Å². The standard InChI is InChI=1S/C11H13ClO4/c12-8-3-4-9(11(14)15)10(7-8)16-6-2-1-5-13/h3-4,7,13H,1-2,5-6H2,(H,14,15). The predicted octanol–water partition coefficient (Wildman–Crippen LogP) is 2.19. The van der Waals surface area contributed by atoms with E-state index in [1.807, 2.05) is 0 Å². The van der Waals surface area contributed by atoms with Crippen LogP contribution in [0.1, 0.15) is 23.2 Å². The average Bonchev–Trinajstić information content (AvgIpc) is 2.24. The fourth-order valence-corrected chi connectivity index (χ4v) is 1.35. The molecule has 0 spiro atoms. The molecule has 0 atom stereocenters. The summed E-state index contributed by atoms with van der Waals surface area (Å²) in [5.74, 6) is -0.785. The van der Waals surface area contributed by atoms with Gasteiger partial charge in [-0.25, -0.2) is 4.79 Å². The van der Waals surface area contributed by atoms with E-state index in [0.29, 0.717) is 24.5 Å². The number of carboxylic acid groups (broad SMARTS) is 1. The molecule has 0 heterocycles. The molecule has 2 N–H and O–H groups in total. The van der Waals surface area contributed by atoms with E-state index < -0.39 is 5.97 Å². The Kier molecular flexibility index (Phi) is 5.08. The van der Waals surface area contributed by atoms with E-state index in [2.05, 4.69) is 0 Å². The van der Waals surface area contributed by atoms with E-state index in [1.165, 1.54) is 18.2 Å². The molecule has 0 fully saturated rings. The highest BCUT2D eigenvalue weighted by Crippen LogP contribution is 2.23. The lowest BCUT2D eigenvalue weighted by Gasteiger charge is -2.08. The minimum absolute atomic E-state index is 0.0911. The monoisotopic (exact) mass is 244 g/mol. The third-order valence-electron chi connectivity index (χ3n) is 1.98. The van der Waals surface area contributed by atoms with Crippen LogP contribution in [-0.4, -0.2) is 29.4 Å². The van der Waals surface area contributed by atoms with Gasteiger partial charge in [-0.15, -0.1) is 0 Å². The second-order valence-electron chi connectivity index (χ2n) is 3.22. The molecular weight excluding hydrogens is 232 g/mol. The van der Waals surface area contributed by atoms with Crippen molar-refractivity contribution in [2.75, 3.05) is 13.2 Å². The van der Waals surface area contributed by atoms with Crippen LogP contribution in [-0.2, 0) is 0 Å².